The first-order chi connectivity index (χ1) is 8.81. The highest BCUT2D eigenvalue weighted by Crippen LogP contribution is 2.24. The third-order valence-corrected chi connectivity index (χ3v) is 3.63. The number of benzene rings is 1. The Hall–Kier alpha value is -1.94. The van der Waals surface area contributed by atoms with Crippen molar-refractivity contribution >= 4 is 27.2 Å². The van der Waals surface area contributed by atoms with E-state index >= 15 is 0 Å². The lowest BCUT2D eigenvalue weighted by atomic mass is 10.3. The second kappa shape index (κ2) is 4.74. The van der Waals surface area contributed by atoms with Crippen LogP contribution >= 0.6 is 11.3 Å². The van der Waals surface area contributed by atoms with Gasteiger partial charge in [0.1, 0.15) is 0 Å². The second-order valence-corrected chi connectivity index (χ2v) is 5.32. The molecule has 0 fully saturated rings. The molecule has 2 heterocycles. The Morgan fingerprint density at radius 2 is 2.17 bits per heavy atom. The highest BCUT2D eigenvalue weighted by molar-refractivity contribution is 7.18. The van der Waals surface area contributed by atoms with E-state index in [-0.39, 0.29) is 0 Å². The van der Waals surface area contributed by atoms with Crippen molar-refractivity contribution < 1.29 is 0 Å². The summed E-state index contributed by atoms with van der Waals surface area (Å²) in [7, 11) is 0. The molecule has 0 saturated carbocycles. The summed E-state index contributed by atoms with van der Waals surface area (Å²) in [5.74, 6) is 0. The Bertz CT molecular complexity index is 661. The molecule has 0 aliphatic rings. The molecule has 0 saturated heterocycles. The van der Waals surface area contributed by atoms with Gasteiger partial charge in [0.25, 0.3) is 0 Å². The van der Waals surface area contributed by atoms with E-state index in [4.69, 9.17) is 0 Å². The number of nitrogens with one attached hydrogen (secondary N) is 1. The number of nitrogens with zero attached hydrogens (tertiary/aromatic N) is 2. The van der Waals surface area contributed by atoms with Gasteiger partial charge >= 0.3 is 0 Å². The van der Waals surface area contributed by atoms with Crippen LogP contribution < -0.4 is 5.32 Å². The minimum atomic E-state index is 0.740. The highest BCUT2D eigenvalue weighted by Gasteiger charge is 2.01. The zero-order chi connectivity index (χ0) is 12.4. The van der Waals surface area contributed by atoms with E-state index in [9.17, 15) is 0 Å². The minimum absolute atomic E-state index is 0.740. The lowest BCUT2D eigenvalue weighted by Gasteiger charge is -2.05. The Kier molecular flexibility index (Phi) is 2.94. The van der Waals surface area contributed by atoms with Gasteiger partial charge in [-0.15, -0.1) is 11.3 Å². The molecule has 0 amide bonds. The van der Waals surface area contributed by atoms with E-state index in [2.05, 4.69) is 33.5 Å². The van der Waals surface area contributed by atoms with Crippen LogP contribution in [-0.2, 0) is 6.54 Å². The first-order valence-corrected chi connectivity index (χ1v) is 6.64. The summed E-state index contributed by atoms with van der Waals surface area (Å²) in [4.78, 5) is 8.74. The van der Waals surface area contributed by atoms with Crippen LogP contribution in [0.15, 0.2) is 42.6 Å². The lowest BCUT2D eigenvalue weighted by Crippen LogP contribution is -2.00. The summed E-state index contributed by atoms with van der Waals surface area (Å²) in [6.45, 7) is 2.77. The monoisotopic (exact) mass is 255 g/mol. The Labute approximate surface area is 110 Å². The maximum atomic E-state index is 4.45. The van der Waals surface area contributed by atoms with Gasteiger partial charge in [0.05, 0.1) is 27.5 Å². The fourth-order valence-electron chi connectivity index (χ4n) is 1.85. The van der Waals surface area contributed by atoms with Crippen molar-refractivity contribution in [3.05, 3.63) is 53.3 Å². The van der Waals surface area contributed by atoms with E-state index in [1.807, 2.05) is 31.3 Å². The van der Waals surface area contributed by atoms with Gasteiger partial charge in [-0.3, -0.25) is 4.98 Å². The van der Waals surface area contributed by atoms with Gasteiger partial charge in [-0.1, -0.05) is 6.07 Å². The van der Waals surface area contributed by atoms with Crippen LogP contribution in [0.1, 0.15) is 10.7 Å². The maximum absolute atomic E-state index is 4.45. The van der Waals surface area contributed by atoms with Crippen molar-refractivity contribution in [2.45, 2.75) is 13.5 Å². The largest absolute Gasteiger partial charge is 0.379 e. The maximum Gasteiger partial charge on any atom is 0.0907 e. The molecule has 0 aliphatic carbocycles. The fourth-order valence-corrected chi connectivity index (χ4v) is 2.71. The number of aryl methyl sites for hydroxylation is 1. The Balaban J connectivity index is 1.78. The molecule has 3 rings (SSSR count). The van der Waals surface area contributed by atoms with Gasteiger partial charge in [0, 0.05) is 11.9 Å². The summed E-state index contributed by atoms with van der Waals surface area (Å²) in [6, 6.07) is 12.2. The van der Waals surface area contributed by atoms with Crippen molar-refractivity contribution in [2.75, 3.05) is 5.32 Å². The number of aromatic nitrogens is 2. The molecule has 1 aromatic carbocycles. The van der Waals surface area contributed by atoms with Crippen LogP contribution in [-0.4, -0.2) is 9.97 Å². The van der Waals surface area contributed by atoms with Crippen LogP contribution in [0.3, 0.4) is 0 Å². The second-order valence-electron chi connectivity index (χ2n) is 4.09. The van der Waals surface area contributed by atoms with Crippen LogP contribution in [0, 0.1) is 6.92 Å². The van der Waals surface area contributed by atoms with Crippen LogP contribution in [0.25, 0.3) is 10.2 Å². The number of anilines is 1. The summed E-state index contributed by atoms with van der Waals surface area (Å²) in [5, 5.41) is 4.48. The number of pyridine rings is 1. The Morgan fingerprint density at radius 3 is 3.00 bits per heavy atom. The van der Waals surface area contributed by atoms with Crippen molar-refractivity contribution in [3.63, 3.8) is 0 Å². The standard InChI is InChI=1S/C14H13N3S/c1-10-17-13-6-5-11(8-14(13)18-10)16-9-12-4-2-3-7-15-12/h2-8,16H,9H2,1H3. The summed E-state index contributed by atoms with van der Waals surface area (Å²) in [5.41, 5.74) is 3.22. The van der Waals surface area contributed by atoms with Crippen LogP contribution in [0.4, 0.5) is 5.69 Å². The first kappa shape index (κ1) is 11.2. The molecule has 3 aromatic rings. The van der Waals surface area contributed by atoms with Gasteiger partial charge in [0.2, 0.25) is 0 Å². The molecule has 3 nitrogen and oxygen atoms in total. The van der Waals surface area contributed by atoms with Gasteiger partial charge in [-0.25, -0.2) is 4.98 Å². The molecule has 0 aliphatic heterocycles. The lowest BCUT2D eigenvalue weighted by molar-refractivity contribution is 1.05. The predicted octanol–water partition coefficient (Wildman–Crippen LogP) is 3.61. The Morgan fingerprint density at radius 1 is 1.22 bits per heavy atom. The molecule has 0 radical (unpaired) electrons. The quantitative estimate of drug-likeness (QED) is 0.777. The van der Waals surface area contributed by atoms with Crippen LogP contribution in [0.2, 0.25) is 0 Å². The number of hydrogen-bond acceptors (Lipinski definition) is 4. The van der Waals surface area contributed by atoms with E-state index in [0.717, 1.165) is 28.5 Å². The van der Waals surface area contributed by atoms with Crippen molar-refractivity contribution in [1.29, 1.82) is 0 Å². The first-order valence-electron chi connectivity index (χ1n) is 5.82. The molecule has 0 bridgehead atoms. The van der Waals surface area contributed by atoms with Gasteiger partial charge < -0.3 is 5.32 Å². The average molecular weight is 255 g/mol. The summed E-state index contributed by atoms with van der Waals surface area (Å²) >= 11 is 1.72. The molecule has 2 aromatic heterocycles. The zero-order valence-corrected chi connectivity index (χ0v) is 10.9. The number of hydrogen-bond donors (Lipinski definition) is 1. The number of thiazole rings is 1. The molecule has 90 valence electrons. The molecular weight excluding hydrogens is 242 g/mol. The highest BCUT2D eigenvalue weighted by atomic mass is 32.1. The third-order valence-electron chi connectivity index (χ3n) is 2.70. The van der Waals surface area contributed by atoms with Gasteiger partial charge in [0.15, 0.2) is 0 Å². The van der Waals surface area contributed by atoms with E-state index < -0.39 is 0 Å². The minimum Gasteiger partial charge on any atom is -0.379 e. The zero-order valence-electron chi connectivity index (χ0n) is 10.1. The smallest absolute Gasteiger partial charge is 0.0907 e. The van der Waals surface area contributed by atoms with Crippen molar-refractivity contribution in [1.82, 2.24) is 9.97 Å². The van der Waals surface area contributed by atoms with Gasteiger partial charge in [-0.2, -0.15) is 0 Å². The number of rotatable bonds is 3. The van der Waals surface area contributed by atoms with Gasteiger partial charge in [-0.05, 0) is 37.3 Å². The van der Waals surface area contributed by atoms with E-state index in [1.165, 1.54) is 4.70 Å². The fraction of sp³-hybridized carbons (Fsp3) is 0.143. The average Bonchev–Trinajstić information content (AvgIpc) is 2.77. The predicted molar refractivity (Wildman–Crippen MR) is 75.9 cm³/mol. The molecule has 0 spiro atoms. The molecule has 0 atom stereocenters. The van der Waals surface area contributed by atoms with Crippen LogP contribution in [0.5, 0.6) is 0 Å². The van der Waals surface area contributed by atoms with E-state index in [0.29, 0.717) is 0 Å². The summed E-state index contributed by atoms with van der Waals surface area (Å²) in [6.07, 6.45) is 1.81. The van der Waals surface area contributed by atoms with Crippen molar-refractivity contribution in [3.8, 4) is 0 Å². The third kappa shape index (κ3) is 2.33. The molecule has 1 N–H and O–H groups in total. The molecule has 0 unspecified atom stereocenters. The SMILES string of the molecule is Cc1nc2ccc(NCc3ccccn3)cc2s1. The number of fused-ring (bicyclic) bond motifs is 1. The summed E-state index contributed by atoms with van der Waals surface area (Å²) < 4.78 is 1.22. The topological polar surface area (TPSA) is 37.8 Å². The molecule has 18 heavy (non-hydrogen) atoms. The van der Waals surface area contributed by atoms with Crippen molar-refractivity contribution in [2.24, 2.45) is 0 Å². The van der Waals surface area contributed by atoms with E-state index in [1.54, 1.807) is 11.3 Å². The molecule has 4 heteroatoms. The molecular formula is C14H13N3S. The normalized spacial score (nSPS) is 10.7.